The average molecular weight is 308 g/mol. The summed E-state index contributed by atoms with van der Waals surface area (Å²) in [6, 6.07) is 17.2. The van der Waals surface area contributed by atoms with Crippen LogP contribution >= 0.6 is 0 Å². The van der Waals surface area contributed by atoms with E-state index in [4.69, 9.17) is 4.74 Å². The number of carbonyl (C=O) groups is 1. The minimum Gasteiger partial charge on any atom is -0.486 e. The van der Waals surface area contributed by atoms with Crippen LogP contribution < -0.4 is 4.74 Å². The molecule has 0 saturated heterocycles. The first kappa shape index (κ1) is 14.9. The zero-order valence-corrected chi connectivity index (χ0v) is 12.7. The number of nitrogens with zero attached hydrogens (tertiary/aromatic N) is 4. The van der Waals surface area contributed by atoms with Gasteiger partial charge in [0.25, 0.3) is 0 Å². The van der Waals surface area contributed by atoms with Crippen LogP contribution in [0, 0.1) is 0 Å². The van der Waals surface area contributed by atoms with Gasteiger partial charge in [-0.25, -0.2) is 0 Å². The van der Waals surface area contributed by atoms with Crippen molar-refractivity contribution in [1.82, 2.24) is 20.2 Å². The maximum absolute atomic E-state index is 12.0. The summed E-state index contributed by atoms with van der Waals surface area (Å²) in [5.74, 6) is 0.534. The monoisotopic (exact) mass is 308 g/mol. The van der Waals surface area contributed by atoms with Crippen molar-refractivity contribution in [2.45, 2.75) is 13.0 Å². The van der Waals surface area contributed by atoms with Crippen LogP contribution in [0.25, 0.3) is 11.1 Å². The molecule has 3 rings (SSSR count). The second-order valence-electron chi connectivity index (χ2n) is 5.08. The molecule has 0 aliphatic heterocycles. The van der Waals surface area contributed by atoms with Gasteiger partial charge in [-0.3, -0.25) is 4.79 Å². The lowest BCUT2D eigenvalue weighted by molar-refractivity contribution is -0.124. The Bertz CT molecular complexity index is 755. The molecule has 1 atom stereocenters. The molecule has 0 bridgehead atoms. The zero-order chi connectivity index (χ0) is 16.1. The van der Waals surface area contributed by atoms with Crippen LogP contribution in [0.5, 0.6) is 5.75 Å². The second kappa shape index (κ2) is 6.83. The SMILES string of the molecule is CC(C(=O)COc1ccc(-c2ccccc2)cc1)n1ncnn1. The number of benzene rings is 2. The standard InChI is InChI=1S/C17H16N4O2/c1-13(21-19-12-18-20-21)17(22)11-23-16-9-7-15(8-10-16)14-5-3-2-4-6-14/h2-10,12-13H,11H2,1H3. The van der Waals surface area contributed by atoms with Crippen molar-refractivity contribution in [3.63, 3.8) is 0 Å². The van der Waals surface area contributed by atoms with E-state index in [2.05, 4.69) is 15.4 Å². The number of rotatable bonds is 6. The number of hydrogen-bond acceptors (Lipinski definition) is 5. The number of aromatic nitrogens is 4. The summed E-state index contributed by atoms with van der Waals surface area (Å²) in [5, 5.41) is 11.2. The molecule has 6 nitrogen and oxygen atoms in total. The van der Waals surface area contributed by atoms with E-state index < -0.39 is 6.04 Å². The summed E-state index contributed by atoms with van der Waals surface area (Å²) >= 11 is 0. The Morgan fingerprint density at radius 1 is 1.09 bits per heavy atom. The van der Waals surface area contributed by atoms with Gasteiger partial charge >= 0.3 is 0 Å². The highest BCUT2D eigenvalue weighted by Gasteiger charge is 2.17. The molecule has 0 N–H and O–H groups in total. The third-order valence-electron chi connectivity index (χ3n) is 3.52. The van der Waals surface area contributed by atoms with Gasteiger partial charge in [-0.1, -0.05) is 42.5 Å². The van der Waals surface area contributed by atoms with E-state index in [9.17, 15) is 4.79 Å². The summed E-state index contributed by atoms with van der Waals surface area (Å²) in [6.07, 6.45) is 1.30. The number of hydrogen-bond donors (Lipinski definition) is 0. The van der Waals surface area contributed by atoms with Gasteiger partial charge < -0.3 is 4.74 Å². The van der Waals surface area contributed by atoms with Crippen LogP contribution in [0.1, 0.15) is 13.0 Å². The third-order valence-corrected chi connectivity index (χ3v) is 3.52. The fourth-order valence-corrected chi connectivity index (χ4v) is 2.13. The fourth-order valence-electron chi connectivity index (χ4n) is 2.13. The first-order chi connectivity index (χ1) is 11.2. The average Bonchev–Trinajstić information content (AvgIpc) is 3.15. The molecule has 0 spiro atoms. The molecule has 0 saturated carbocycles. The molecule has 116 valence electrons. The Balaban J connectivity index is 1.60. The second-order valence-corrected chi connectivity index (χ2v) is 5.08. The van der Waals surface area contributed by atoms with Crippen LogP contribution in [-0.4, -0.2) is 32.6 Å². The highest BCUT2D eigenvalue weighted by Crippen LogP contribution is 2.22. The summed E-state index contributed by atoms with van der Waals surface area (Å²) in [7, 11) is 0. The van der Waals surface area contributed by atoms with Crippen LogP contribution in [0.4, 0.5) is 0 Å². The normalized spacial score (nSPS) is 11.9. The van der Waals surface area contributed by atoms with Crippen molar-refractivity contribution < 1.29 is 9.53 Å². The van der Waals surface area contributed by atoms with Crippen molar-refractivity contribution in [3.8, 4) is 16.9 Å². The molecule has 0 radical (unpaired) electrons. The lowest BCUT2D eigenvalue weighted by Gasteiger charge is -2.10. The molecule has 0 amide bonds. The van der Waals surface area contributed by atoms with Crippen LogP contribution in [0.3, 0.4) is 0 Å². The van der Waals surface area contributed by atoms with Crippen LogP contribution in [-0.2, 0) is 4.79 Å². The Morgan fingerprint density at radius 2 is 1.78 bits per heavy atom. The molecule has 2 aromatic carbocycles. The minimum atomic E-state index is -0.499. The van der Waals surface area contributed by atoms with E-state index in [-0.39, 0.29) is 12.4 Å². The molecule has 1 heterocycles. The molecular weight excluding hydrogens is 292 g/mol. The number of ether oxygens (including phenoxy) is 1. The Morgan fingerprint density at radius 3 is 2.43 bits per heavy atom. The summed E-state index contributed by atoms with van der Waals surface area (Å²) < 4.78 is 5.54. The highest BCUT2D eigenvalue weighted by molar-refractivity contribution is 5.83. The maximum atomic E-state index is 12.0. The van der Waals surface area contributed by atoms with Gasteiger partial charge in [-0.05, 0) is 35.4 Å². The fraction of sp³-hybridized carbons (Fsp3) is 0.176. The van der Waals surface area contributed by atoms with E-state index >= 15 is 0 Å². The van der Waals surface area contributed by atoms with Gasteiger partial charge in [0, 0.05) is 0 Å². The van der Waals surface area contributed by atoms with Crippen LogP contribution in [0.15, 0.2) is 60.9 Å². The van der Waals surface area contributed by atoms with Gasteiger partial charge in [0.1, 0.15) is 18.4 Å². The van der Waals surface area contributed by atoms with Crippen molar-refractivity contribution in [1.29, 1.82) is 0 Å². The van der Waals surface area contributed by atoms with Gasteiger partial charge in [-0.15, -0.1) is 10.2 Å². The molecule has 0 fully saturated rings. The molecule has 23 heavy (non-hydrogen) atoms. The number of ketones is 1. The predicted octanol–water partition coefficient (Wildman–Crippen LogP) is 2.55. The lowest BCUT2D eigenvalue weighted by Crippen LogP contribution is -2.24. The smallest absolute Gasteiger partial charge is 0.196 e. The van der Waals surface area contributed by atoms with E-state index in [1.807, 2.05) is 54.6 Å². The quantitative estimate of drug-likeness (QED) is 0.700. The lowest BCUT2D eigenvalue weighted by atomic mass is 10.1. The first-order valence-electron chi connectivity index (χ1n) is 7.27. The Hall–Kier alpha value is -3.02. The van der Waals surface area contributed by atoms with Crippen molar-refractivity contribution in [2.75, 3.05) is 6.61 Å². The van der Waals surface area contributed by atoms with E-state index in [1.165, 1.54) is 11.1 Å². The molecule has 1 unspecified atom stereocenters. The molecule has 0 aliphatic rings. The largest absolute Gasteiger partial charge is 0.486 e. The van der Waals surface area contributed by atoms with E-state index in [0.29, 0.717) is 5.75 Å². The number of Topliss-reactive ketones (excluding diaryl/α,β-unsaturated/α-hetero) is 1. The topological polar surface area (TPSA) is 69.9 Å². The molecule has 1 aromatic heterocycles. The van der Waals surface area contributed by atoms with E-state index in [0.717, 1.165) is 11.1 Å². The van der Waals surface area contributed by atoms with Crippen molar-refractivity contribution in [3.05, 3.63) is 60.9 Å². The summed E-state index contributed by atoms with van der Waals surface area (Å²) in [5.41, 5.74) is 2.24. The summed E-state index contributed by atoms with van der Waals surface area (Å²) in [4.78, 5) is 13.3. The first-order valence-corrected chi connectivity index (χ1v) is 7.27. The minimum absolute atomic E-state index is 0.0343. The molecule has 0 aliphatic carbocycles. The number of carbonyl (C=O) groups excluding carboxylic acids is 1. The summed E-state index contributed by atoms with van der Waals surface area (Å²) in [6.45, 7) is 1.68. The molecular formula is C17H16N4O2. The maximum Gasteiger partial charge on any atom is 0.196 e. The van der Waals surface area contributed by atoms with Crippen LogP contribution in [0.2, 0.25) is 0 Å². The third kappa shape index (κ3) is 3.60. The van der Waals surface area contributed by atoms with Gasteiger partial charge in [0.15, 0.2) is 12.1 Å². The van der Waals surface area contributed by atoms with Gasteiger partial charge in [0.2, 0.25) is 0 Å². The Kier molecular flexibility index (Phi) is 4.42. The van der Waals surface area contributed by atoms with E-state index in [1.54, 1.807) is 6.92 Å². The van der Waals surface area contributed by atoms with Crippen molar-refractivity contribution in [2.24, 2.45) is 0 Å². The predicted molar refractivity (Wildman–Crippen MR) is 84.9 cm³/mol. The molecule has 3 aromatic rings. The highest BCUT2D eigenvalue weighted by atomic mass is 16.5. The van der Waals surface area contributed by atoms with Gasteiger partial charge in [0.05, 0.1) is 0 Å². The molecule has 6 heteroatoms. The van der Waals surface area contributed by atoms with Crippen molar-refractivity contribution >= 4 is 5.78 Å². The van der Waals surface area contributed by atoms with Gasteiger partial charge in [-0.2, -0.15) is 4.80 Å². The zero-order valence-electron chi connectivity index (χ0n) is 12.7. The Labute approximate surface area is 133 Å². The number of tetrazole rings is 1.